The Labute approximate surface area is 153 Å². The number of rotatable bonds is 3. The maximum atomic E-state index is 12.9. The number of ketones is 1. The normalized spacial score (nSPS) is 10.8. The number of hydrogen-bond donors (Lipinski definition) is 1. The summed E-state index contributed by atoms with van der Waals surface area (Å²) in [5.74, 6) is -0.541. The fourth-order valence-corrected chi connectivity index (χ4v) is 2.86. The third-order valence-corrected chi connectivity index (χ3v) is 4.06. The Morgan fingerprint density at radius 1 is 1.20 bits per heavy atom. The van der Waals surface area contributed by atoms with Gasteiger partial charge in [-0.3, -0.25) is 9.78 Å². The summed E-state index contributed by atoms with van der Waals surface area (Å²) < 4.78 is 6.18. The first-order valence-electron chi connectivity index (χ1n) is 7.36. The molecule has 25 heavy (non-hydrogen) atoms. The second-order valence-corrected chi connectivity index (χ2v) is 6.02. The van der Waals surface area contributed by atoms with E-state index in [-0.39, 0.29) is 23.7 Å². The summed E-state index contributed by atoms with van der Waals surface area (Å²) in [5, 5.41) is 1.26. The number of nitrogens with zero attached hydrogens (tertiary/aromatic N) is 2. The Morgan fingerprint density at radius 3 is 2.60 bits per heavy atom. The highest BCUT2D eigenvalue weighted by molar-refractivity contribution is 6.32. The second kappa shape index (κ2) is 6.74. The number of halogens is 2. The lowest BCUT2D eigenvalue weighted by molar-refractivity contribution is 0.102. The summed E-state index contributed by atoms with van der Waals surface area (Å²) in [6.45, 7) is 1.81. The number of aromatic nitrogens is 2. The van der Waals surface area contributed by atoms with Crippen LogP contribution in [0.1, 0.15) is 23.1 Å². The topological polar surface area (TPSA) is 87.2 Å². The van der Waals surface area contributed by atoms with Gasteiger partial charge < -0.3 is 10.5 Å². The van der Waals surface area contributed by atoms with Crippen LogP contribution < -0.4 is 5.73 Å². The van der Waals surface area contributed by atoms with Gasteiger partial charge in [-0.05, 0) is 37.3 Å². The molecular weight excluding hydrogens is 365 g/mol. The Balaban J connectivity index is 2.29. The van der Waals surface area contributed by atoms with Crippen molar-refractivity contribution < 1.29 is 14.3 Å². The summed E-state index contributed by atoms with van der Waals surface area (Å²) in [4.78, 5) is 29.4. The highest BCUT2D eigenvalue weighted by atomic mass is 35.5. The number of nitrogen functional groups attached to an aromatic ring is 1. The zero-order valence-corrected chi connectivity index (χ0v) is 14.6. The molecule has 0 saturated heterocycles. The van der Waals surface area contributed by atoms with Crippen molar-refractivity contribution in [2.45, 2.75) is 6.92 Å². The predicted octanol–water partition coefficient (Wildman–Crippen LogP) is 4.16. The van der Waals surface area contributed by atoms with E-state index in [1.165, 1.54) is 12.3 Å². The molecular formula is C17H13Cl2N3O3. The minimum absolute atomic E-state index is 0.0366. The Kier molecular flexibility index (Phi) is 4.65. The van der Waals surface area contributed by atoms with E-state index in [4.69, 9.17) is 33.7 Å². The Bertz CT molecular complexity index is 998. The lowest BCUT2D eigenvalue weighted by atomic mass is 10.1. The molecule has 2 N–H and O–H groups in total. The van der Waals surface area contributed by atoms with Crippen molar-refractivity contribution in [2.24, 2.45) is 0 Å². The molecule has 2 heterocycles. The van der Waals surface area contributed by atoms with Crippen LogP contribution >= 0.6 is 23.2 Å². The number of hydrogen-bond acceptors (Lipinski definition) is 5. The van der Waals surface area contributed by atoms with Gasteiger partial charge in [-0.2, -0.15) is 0 Å². The number of benzene rings is 1. The third kappa shape index (κ3) is 3.06. The van der Waals surface area contributed by atoms with Crippen LogP contribution in [-0.4, -0.2) is 28.0 Å². The van der Waals surface area contributed by atoms with Crippen molar-refractivity contribution in [3.05, 3.63) is 58.0 Å². The Morgan fingerprint density at radius 2 is 1.92 bits per heavy atom. The molecule has 0 radical (unpaired) electrons. The number of pyridine rings is 1. The summed E-state index contributed by atoms with van der Waals surface area (Å²) in [5.41, 5.74) is 6.71. The molecule has 0 aliphatic carbocycles. The summed E-state index contributed by atoms with van der Waals surface area (Å²) in [7, 11) is 0. The van der Waals surface area contributed by atoms with Gasteiger partial charge in [0.2, 0.25) is 5.78 Å². The minimum atomic E-state index is -0.725. The average molecular weight is 378 g/mol. The molecule has 0 fully saturated rings. The molecule has 0 aliphatic rings. The van der Waals surface area contributed by atoms with Gasteiger partial charge in [0.15, 0.2) is 0 Å². The average Bonchev–Trinajstić information content (AvgIpc) is 2.86. The number of nitrogens with two attached hydrogens (primary N) is 1. The maximum Gasteiger partial charge on any atom is 0.419 e. The molecule has 128 valence electrons. The van der Waals surface area contributed by atoms with E-state index in [1.807, 2.05) is 0 Å². The first kappa shape index (κ1) is 17.3. The zero-order chi connectivity index (χ0) is 18.1. The highest BCUT2D eigenvalue weighted by Crippen LogP contribution is 2.32. The van der Waals surface area contributed by atoms with E-state index >= 15 is 0 Å². The lowest BCUT2D eigenvalue weighted by Crippen LogP contribution is -2.20. The molecule has 8 heteroatoms. The third-order valence-electron chi connectivity index (χ3n) is 3.59. The monoisotopic (exact) mass is 377 g/mol. The van der Waals surface area contributed by atoms with E-state index in [0.29, 0.717) is 20.9 Å². The van der Waals surface area contributed by atoms with Gasteiger partial charge in [0.1, 0.15) is 11.4 Å². The molecule has 0 unspecified atom stereocenters. The van der Waals surface area contributed by atoms with Crippen LogP contribution in [0.15, 0.2) is 36.5 Å². The van der Waals surface area contributed by atoms with Crippen LogP contribution in [0.25, 0.3) is 10.9 Å². The van der Waals surface area contributed by atoms with Crippen LogP contribution in [0.2, 0.25) is 10.0 Å². The minimum Gasteiger partial charge on any atom is -0.449 e. The van der Waals surface area contributed by atoms with E-state index in [9.17, 15) is 9.59 Å². The summed E-state index contributed by atoms with van der Waals surface area (Å²) in [6.07, 6.45) is 0.678. The fraction of sp³-hybridized carbons (Fsp3) is 0.118. The predicted molar refractivity (Wildman–Crippen MR) is 96.5 cm³/mol. The van der Waals surface area contributed by atoms with Gasteiger partial charge in [-0.1, -0.05) is 23.2 Å². The second-order valence-electron chi connectivity index (χ2n) is 5.15. The fourth-order valence-electron chi connectivity index (χ4n) is 2.54. The van der Waals surface area contributed by atoms with Crippen molar-refractivity contribution in [1.29, 1.82) is 0 Å². The van der Waals surface area contributed by atoms with Gasteiger partial charge in [0.25, 0.3) is 0 Å². The highest BCUT2D eigenvalue weighted by Gasteiger charge is 2.27. The van der Waals surface area contributed by atoms with Crippen LogP contribution in [0.4, 0.5) is 10.5 Å². The molecule has 3 rings (SSSR count). The van der Waals surface area contributed by atoms with Crippen LogP contribution in [0.5, 0.6) is 0 Å². The van der Waals surface area contributed by atoms with Crippen LogP contribution in [0, 0.1) is 0 Å². The van der Waals surface area contributed by atoms with Crippen molar-refractivity contribution in [3.63, 3.8) is 0 Å². The molecule has 0 atom stereocenters. The van der Waals surface area contributed by atoms with Gasteiger partial charge in [0, 0.05) is 21.6 Å². The van der Waals surface area contributed by atoms with Crippen LogP contribution in [0.3, 0.4) is 0 Å². The molecule has 6 nitrogen and oxygen atoms in total. The zero-order valence-electron chi connectivity index (χ0n) is 13.1. The molecule has 0 bridgehead atoms. The molecule has 2 aromatic heterocycles. The summed E-state index contributed by atoms with van der Waals surface area (Å²) in [6, 6.07) is 7.77. The largest absolute Gasteiger partial charge is 0.449 e. The molecule has 3 aromatic rings. The van der Waals surface area contributed by atoms with Gasteiger partial charge in [0.05, 0.1) is 17.8 Å². The van der Waals surface area contributed by atoms with Crippen LogP contribution in [-0.2, 0) is 4.74 Å². The van der Waals surface area contributed by atoms with E-state index in [2.05, 4.69) is 4.98 Å². The van der Waals surface area contributed by atoms with Crippen molar-refractivity contribution in [2.75, 3.05) is 12.3 Å². The first-order valence-corrected chi connectivity index (χ1v) is 8.12. The molecule has 1 aromatic carbocycles. The van der Waals surface area contributed by atoms with Gasteiger partial charge in [-0.25, -0.2) is 9.36 Å². The number of anilines is 1. The lowest BCUT2D eigenvalue weighted by Gasteiger charge is -2.09. The van der Waals surface area contributed by atoms with Crippen molar-refractivity contribution in [1.82, 2.24) is 9.55 Å². The van der Waals surface area contributed by atoms with Gasteiger partial charge in [-0.15, -0.1) is 0 Å². The van der Waals surface area contributed by atoms with E-state index < -0.39 is 11.9 Å². The standard InChI is InChI=1S/C17H13Cl2N3O3/c1-2-25-17(24)22-13-8-9(18)3-4-11(13)14(20)15(22)16(23)12-7-10(19)5-6-21-12/h3-8H,2,20H2,1H3. The van der Waals surface area contributed by atoms with E-state index in [1.54, 1.807) is 31.2 Å². The smallest absolute Gasteiger partial charge is 0.419 e. The SMILES string of the molecule is CCOC(=O)n1c(C(=O)c2cc(Cl)ccn2)c(N)c2ccc(Cl)cc21. The van der Waals surface area contributed by atoms with E-state index in [0.717, 1.165) is 4.57 Å². The maximum absolute atomic E-state index is 12.9. The molecule has 0 spiro atoms. The number of ether oxygens (including phenoxy) is 1. The Hall–Kier alpha value is -2.57. The quantitative estimate of drug-likeness (QED) is 0.692. The number of fused-ring (bicyclic) bond motifs is 1. The molecule has 0 saturated carbocycles. The molecule has 0 amide bonds. The first-order chi connectivity index (χ1) is 11.9. The summed E-state index contributed by atoms with van der Waals surface area (Å²) >= 11 is 12.0. The van der Waals surface area contributed by atoms with Gasteiger partial charge >= 0.3 is 6.09 Å². The number of carbonyl (C=O) groups is 2. The van der Waals surface area contributed by atoms with Crippen molar-refractivity contribution >= 4 is 51.7 Å². The van der Waals surface area contributed by atoms with Crippen molar-refractivity contribution in [3.8, 4) is 0 Å². The number of carbonyl (C=O) groups excluding carboxylic acids is 2. The molecule has 0 aliphatic heterocycles.